The topological polar surface area (TPSA) is 418 Å². The standard InChI is InChI=1S/C54H92O25/c1-21(25(58)15-33(51(4,5)71)78-47-42(68)39(65)36(62)29(76-47)20-72-46-41(67)37(63)34(60)26(17-55)73-46)22-13-14-52(6)30-11-9-23-24(54(30,8)31(59)16-53(22,52)7)10-12-32(50(23,2)3)77-48-44(70)40(66)45(28(19-57)75-48)79-49-43(69)38(64)35(61)27(18-56)74-49/h9,21-22,24-49,55-71H,10-20H2,1-8H3/t21-,22?,24+,25?,26+,27+,28+,29+,30-,31+,32-,33+,34+,35+,36+,37-,38-,39-,40+,41+,42+,43+,44+,45+,46+,47-,48-,49-,52-,53+,54-/m0/s1. The van der Waals surface area contributed by atoms with Gasteiger partial charge in [-0.3, -0.25) is 0 Å². The number of hydrogen-bond donors (Lipinski definition) is 17. The quantitative estimate of drug-likeness (QED) is 0.0613. The molecule has 0 aromatic carbocycles. The van der Waals surface area contributed by atoms with E-state index in [1.165, 1.54) is 13.8 Å². The summed E-state index contributed by atoms with van der Waals surface area (Å²) in [5.41, 5.74) is -2.65. The van der Waals surface area contributed by atoms with Gasteiger partial charge in [0, 0.05) is 17.3 Å². The second kappa shape index (κ2) is 23.9. The Kier molecular flexibility index (Phi) is 19.3. The van der Waals surface area contributed by atoms with E-state index >= 15 is 0 Å². The molecule has 4 heterocycles. The van der Waals surface area contributed by atoms with E-state index in [2.05, 4.69) is 26.8 Å². The predicted molar refractivity (Wildman–Crippen MR) is 269 cm³/mol. The average Bonchev–Trinajstić information content (AvgIpc) is 3.98. The Labute approximate surface area is 460 Å². The first kappa shape index (κ1) is 63.8. The minimum absolute atomic E-state index is 0.00602. The van der Waals surface area contributed by atoms with Gasteiger partial charge >= 0.3 is 0 Å². The van der Waals surface area contributed by atoms with Gasteiger partial charge in [-0.2, -0.15) is 0 Å². The molecule has 458 valence electrons. The van der Waals surface area contributed by atoms with Crippen LogP contribution in [0.2, 0.25) is 0 Å². The molecule has 0 aromatic rings. The molecule has 79 heavy (non-hydrogen) atoms. The van der Waals surface area contributed by atoms with Gasteiger partial charge in [0.25, 0.3) is 0 Å². The lowest BCUT2D eigenvalue weighted by atomic mass is 9.38. The average molecular weight is 1140 g/mol. The maximum atomic E-state index is 12.7. The van der Waals surface area contributed by atoms with Gasteiger partial charge in [0.1, 0.15) is 97.7 Å². The third kappa shape index (κ3) is 11.2. The van der Waals surface area contributed by atoms with Crippen LogP contribution in [0, 0.1) is 45.3 Å². The molecule has 0 spiro atoms. The van der Waals surface area contributed by atoms with Gasteiger partial charge < -0.3 is 125 Å². The molecule has 25 nitrogen and oxygen atoms in total. The SMILES string of the molecule is C[C@H](C(O)C[C@@H](O[C@@H]1O[C@H](CO[C@@H]2O[C@H](CO)[C@@H](O)[C@H](O)[C@H]2O)[C@@H](O)[C@H](O)[C@H]1O)C(C)(C)O)C1CC[C@@]2(C)[C@@H]3CC=C4[C@@H](CC[C@H](O[C@@H]5O[C@H](CO)[C@@H](O[C@@H]6O[C@H](CO)[C@@H](O)[C@H](O)[C@H]6O)[C@H](O)[C@H]5O)C4(C)C)[C@]3(C)[C@H](O)C[C@]12C. The van der Waals surface area contributed by atoms with E-state index in [1.807, 2.05) is 20.8 Å². The van der Waals surface area contributed by atoms with Crippen LogP contribution in [0.3, 0.4) is 0 Å². The fraction of sp³-hybridized carbons (Fsp3) is 0.963. The van der Waals surface area contributed by atoms with E-state index in [9.17, 15) is 86.8 Å². The van der Waals surface area contributed by atoms with E-state index in [1.54, 1.807) is 0 Å². The number of hydrogen-bond acceptors (Lipinski definition) is 25. The molecule has 17 N–H and O–H groups in total. The van der Waals surface area contributed by atoms with Crippen molar-refractivity contribution in [2.75, 3.05) is 26.4 Å². The highest BCUT2D eigenvalue weighted by atomic mass is 16.8. The van der Waals surface area contributed by atoms with Crippen LogP contribution in [-0.4, -0.2) is 266 Å². The minimum atomic E-state index is -1.84. The minimum Gasteiger partial charge on any atom is -0.394 e. The molecule has 0 radical (unpaired) electrons. The van der Waals surface area contributed by atoms with E-state index in [0.717, 1.165) is 18.4 Å². The van der Waals surface area contributed by atoms with Crippen LogP contribution >= 0.6 is 0 Å². The first-order valence-corrected chi connectivity index (χ1v) is 28.1. The van der Waals surface area contributed by atoms with Gasteiger partial charge in [-0.1, -0.05) is 53.2 Å². The number of ether oxygens (including phenoxy) is 8. The summed E-state index contributed by atoms with van der Waals surface area (Å²) in [4.78, 5) is 0. The zero-order valence-corrected chi connectivity index (χ0v) is 46.4. The summed E-state index contributed by atoms with van der Waals surface area (Å²) in [6.45, 7) is 12.9. The van der Waals surface area contributed by atoms with Crippen molar-refractivity contribution >= 4 is 0 Å². The van der Waals surface area contributed by atoms with Crippen LogP contribution in [0.4, 0.5) is 0 Å². The molecule has 0 amide bonds. The zero-order chi connectivity index (χ0) is 58.4. The molecule has 7 fully saturated rings. The molecule has 3 saturated carbocycles. The molecule has 4 aliphatic heterocycles. The van der Waals surface area contributed by atoms with Crippen molar-refractivity contribution < 1.29 is 125 Å². The second-order valence-corrected chi connectivity index (χ2v) is 26.0. The molecule has 4 saturated heterocycles. The number of fused-ring (bicyclic) bond motifs is 5. The maximum Gasteiger partial charge on any atom is 0.187 e. The number of allylic oxidation sites excluding steroid dienone is 1. The zero-order valence-electron chi connectivity index (χ0n) is 46.4. The van der Waals surface area contributed by atoms with Crippen LogP contribution in [0.15, 0.2) is 11.6 Å². The van der Waals surface area contributed by atoms with Crippen LogP contribution in [0.1, 0.15) is 100 Å². The lowest BCUT2D eigenvalue weighted by molar-refractivity contribution is -0.365. The molecule has 0 bridgehead atoms. The van der Waals surface area contributed by atoms with Gasteiger partial charge in [-0.25, -0.2) is 0 Å². The number of aliphatic hydroxyl groups is 17. The Morgan fingerprint density at radius 3 is 1.70 bits per heavy atom. The fourth-order valence-electron chi connectivity index (χ4n) is 15.6. The smallest absolute Gasteiger partial charge is 0.187 e. The Hall–Kier alpha value is -1.26. The summed E-state index contributed by atoms with van der Waals surface area (Å²) in [5, 5.41) is 184. The molecule has 0 aromatic heterocycles. The van der Waals surface area contributed by atoms with Crippen LogP contribution in [0.25, 0.3) is 0 Å². The molecular weight excluding hydrogens is 1050 g/mol. The summed E-state index contributed by atoms with van der Waals surface area (Å²) in [5.74, 6) is -0.589. The highest BCUT2D eigenvalue weighted by Crippen LogP contribution is 2.75. The van der Waals surface area contributed by atoms with Crippen molar-refractivity contribution in [1.82, 2.24) is 0 Å². The number of rotatable bonds is 17. The van der Waals surface area contributed by atoms with E-state index in [4.69, 9.17) is 37.9 Å². The molecule has 25 heteroatoms. The third-order valence-corrected chi connectivity index (χ3v) is 20.9. The maximum absolute atomic E-state index is 12.7. The first-order valence-electron chi connectivity index (χ1n) is 28.1. The van der Waals surface area contributed by atoms with E-state index in [-0.39, 0.29) is 29.6 Å². The summed E-state index contributed by atoms with van der Waals surface area (Å²) in [6.07, 6.45) is -30.3. The molecule has 8 rings (SSSR count). The van der Waals surface area contributed by atoms with Crippen molar-refractivity contribution in [1.29, 1.82) is 0 Å². The predicted octanol–water partition coefficient (Wildman–Crippen LogP) is -4.26. The fourth-order valence-corrected chi connectivity index (χ4v) is 15.6. The van der Waals surface area contributed by atoms with Crippen LogP contribution in [-0.2, 0) is 37.9 Å². The van der Waals surface area contributed by atoms with Crippen molar-refractivity contribution in [3.05, 3.63) is 11.6 Å². The largest absolute Gasteiger partial charge is 0.394 e. The third-order valence-electron chi connectivity index (χ3n) is 20.9. The second-order valence-electron chi connectivity index (χ2n) is 26.0. The van der Waals surface area contributed by atoms with Gasteiger partial charge in [0.2, 0.25) is 0 Å². The van der Waals surface area contributed by atoms with Gasteiger partial charge in [0.15, 0.2) is 25.2 Å². The highest BCUT2D eigenvalue weighted by Gasteiger charge is 2.71. The first-order chi connectivity index (χ1) is 36.8. The van der Waals surface area contributed by atoms with Crippen molar-refractivity contribution in [3.63, 3.8) is 0 Å². The van der Waals surface area contributed by atoms with Crippen molar-refractivity contribution in [2.45, 2.75) is 253 Å². The Morgan fingerprint density at radius 2 is 1.11 bits per heavy atom. The van der Waals surface area contributed by atoms with E-state index in [0.29, 0.717) is 25.7 Å². The molecule has 8 aliphatic rings. The lowest BCUT2D eigenvalue weighted by Crippen LogP contribution is -2.66. The molecule has 31 atom stereocenters. The van der Waals surface area contributed by atoms with Gasteiger partial charge in [-0.15, -0.1) is 0 Å². The number of aliphatic hydroxyl groups excluding tert-OH is 16. The van der Waals surface area contributed by atoms with Crippen LogP contribution < -0.4 is 0 Å². The van der Waals surface area contributed by atoms with Crippen molar-refractivity contribution in [3.8, 4) is 0 Å². The summed E-state index contributed by atoms with van der Waals surface area (Å²) >= 11 is 0. The molecular formula is C54H92O25. The van der Waals surface area contributed by atoms with Crippen LogP contribution in [0.5, 0.6) is 0 Å². The summed E-state index contributed by atoms with van der Waals surface area (Å²) < 4.78 is 46.8. The van der Waals surface area contributed by atoms with Crippen molar-refractivity contribution in [2.24, 2.45) is 45.3 Å². The summed E-state index contributed by atoms with van der Waals surface area (Å²) in [7, 11) is 0. The molecule has 4 aliphatic carbocycles. The Bertz CT molecular complexity index is 2060. The molecule has 2 unspecified atom stereocenters. The van der Waals surface area contributed by atoms with Gasteiger partial charge in [-0.05, 0) is 86.9 Å². The van der Waals surface area contributed by atoms with E-state index < -0.39 is 201 Å². The highest BCUT2D eigenvalue weighted by molar-refractivity contribution is 5.32. The summed E-state index contributed by atoms with van der Waals surface area (Å²) in [6, 6.07) is 0. The Morgan fingerprint density at radius 1 is 0.608 bits per heavy atom. The normalized spacial score (nSPS) is 51.4. The Balaban J connectivity index is 0.925. The van der Waals surface area contributed by atoms with Gasteiger partial charge in [0.05, 0.1) is 56.4 Å². The lowest BCUT2D eigenvalue weighted by Gasteiger charge is -2.67. The monoisotopic (exact) mass is 1140 g/mol.